The number of benzene rings is 2. The molecule has 0 N–H and O–H groups in total. The second kappa shape index (κ2) is 6.05. The van der Waals surface area contributed by atoms with Crippen LogP contribution in [0.5, 0.6) is 0 Å². The standard InChI is InChI=1S/C19H16N2O2/c1-12-7-15-10-16(21-18(15)11-17(12)20-2)9-13-5-4-6-14(8-13)19(22)23-3/h4-8,11H,9-10H2,1,3H3. The molecule has 1 aliphatic rings. The van der Waals surface area contributed by atoms with E-state index in [2.05, 4.69) is 9.84 Å². The molecule has 23 heavy (non-hydrogen) atoms. The number of nitrogens with zero attached hydrogens (tertiary/aromatic N) is 2. The molecule has 0 bridgehead atoms. The molecule has 0 saturated heterocycles. The number of hydrogen-bond acceptors (Lipinski definition) is 3. The minimum Gasteiger partial charge on any atom is -0.465 e. The van der Waals surface area contributed by atoms with Crippen LogP contribution in [0.3, 0.4) is 0 Å². The Morgan fingerprint density at radius 2 is 2.17 bits per heavy atom. The van der Waals surface area contributed by atoms with E-state index >= 15 is 0 Å². The van der Waals surface area contributed by atoms with Crippen LogP contribution in [0.4, 0.5) is 11.4 Å². The molecule has 1 heterocycles. The molecule has 0 amide bonds. The van der Waals surface area contributed by atoms with Crippen LogP contribution < -0.4 is 0 Å². The molecule has 0 fully saturated rings. The van der Waals surface area contributed by atoms with Crippen molar-refractivity contribution in [2.75, 3.05) is 7.11 Å². The van der Waals surface area contributed by atoms with Gasteiger partial charge in [0.25, 0.3) is 0 Å². The van der Waals surface area contributed by atoms with E-state index in [1.54, 1.807) is 6.07 Å². The Morgan fingerprint density at radius 3 is 2.91 bits per heavy atom. The summed E-state index contributed by atoms with van der Waals surface area (Å²) in [6, 6.07) is 11.3. The number of aryl methyl sites for hydroxylation is 1. The Balaban J connectivity index is 1.83. The van der Waals surface area contributed by atoms with E-state index in [0.717, 1.165) is 34.5 Å². The quantitative estimate of drug-likeness (QED) is 0.630. The Hall–Kier alpha value is -2.93. The van der Waals surface area contributed by atoms with Crippen molar-refractivity contribution in [3.8, 4) is 0 Å². The highest BCUT2D eigenvalue weighted by molar-refractivity contribution is 5.96. The molecule has 0 radical (unpaired) electrons. The molecule has 4 heteroatoms. The highest BCUT2D eigenvalue weighted by Crippen LogP contribution is 2.34. The Kier molecular flexibility index (Phi) is 3.94. The van der Waals surface area contributed by atoms with Crippen molar-refractivity contribution in [1.29, 1.82) is 0 Å². The number of fused-ring (bicyclic) bond motifs is 1. The van der Waals surface area contributed by atoms with Crippen LogP contribution in [0.25, 0.3) is 4.85 Å². The van der Waals surface area contributed by atoms with Gasteiger partial charge in [0.1, 0.15) is 0 Å². The molecule has 3 rings (SSSR count). The summed E-state index contributed by atoms with van der Waals surface area (Å²) in [5.74, 6) is -0.333. The maximum Gasteiger partial charge on any atom is 0.337 e. The average molecular weight is 304 g/mol. The third-order valence-corrected chi connectivity index (χ3v) is 3.95. The van der Waals surface area contributed by atoms with Crippen LogP contribution in [0.2, 0.25) is 0 Å². The Labute approximate surface area is 135 Å². The van der Waals surface area contributed by atoms with Crippen molar-refractivity contribution in [2.24, 2.45) is 4.99 Å². The van der Waals surface area contributed by atoms with Gasteiger partial charge in [-0.2, -0.15) is 0 Å². The summed E-state index contributed by atoms with van der Waals surface area (Å²) in [6.45, 7) is 9.14. The van der Waals surface area contributed by atoms with Gasteiger partial charge in [-0.05, 0) is 41.8 Å². The lowest BCUT2D eigenvalue weighted by Crippen LogP contribution is -2.05. The number of rotatable bonds is 3. The van der Waals surface area contributed by atoms with Crippen molar-refractivity contribution in [1.82, 2.24) is 0 Å². The average Bonchev–Trinajstić information content (AvgIpc) is 2.94. The first kappa shape index (κ1) is 15.0. The van der Waals surface area contributed by atoms with Gasteiger partial charge in [0.15, 0.2) is 5.69 Å². The summed E-state index contributed by atoms with van der Waals surface area (Å²) >= 11 is 0. The topological polar surface area (TPSA) is 43.0 Å². The van der Waals surface area contributed by atoms with Gasteiger partial charge in [-0.3, -0.25) is 4.99 Å². The fourth-order valence-corrected chi connectivity index (χ4v) is 2.80. The lowest BCUT2D eigenvalue weighted by atomic mass is 10.0. The van der Waals surface area contributed by atoms with Gasteiger partial charge in [0.2, 0.25) is 0 Å². The molecule has 2 aromatic carbocycles. The Bertz CT molecular complexity index is 860. The molecule has 0 aliphatic carbocycles. The van der Waals surface area contributed by atoms with Gasteiger partial charge in [-0.25, -0.2) is 9.64 Å². The zero-order valence-corrected chi connectivity index (χ0v) is 13.1. The van der Waals surface area contributed by atoms with E-state index < -0.39 is 0 Å². The van der Waals surface area contributed by atoms with Crippen LogP contribution in [0.1, 0.15) is 27.0 Å². The highest BCUT2D eigenvalue weighted by atomic mass is 16.5. The first-order valence-electron chi connectivity index (χ1n) is 7.35. The van der Waals surface area contributed by atoms with Crippen LogP contribution >= 0.6 is 0 Å². The molecule has 0 saturated carbocycles. The normalized spacial score (nSPS) is 12.3. The van der Waals surface area contributed by atoms with E-state index in [9.17, 15) is 4.79 Å². The van der Waals surface area contributed by atoms with Gasteiger partial charge in [0.05, 0.1) is 24.9 Å². The largest absolute Gasteiger partial charge is 0.465 e. The van der Waals surface area contributed by atoms with Crippen molar-refractivity contribution in [3.05, 3.63) is 70.1 Å². The SMILES string of the molecule is [C-]#[N+]c1cc2c(cc1C)CC(Cc1cccc(C(=O)OC)c1)=N2. The van der Waals surface area contributed by atoms with Crippen molar-refractivity contribution in [2.45, 2.75) is 19.8 Å². The van der Waals surface area contributed by atoms with Crippen molar-refractivity contribution in [3.63, 3.8) is 0 Å². The number of carbonyl (C=O) groups is 1. The lowest BCUT2D eigenvalue weighted by Gasteiger charge is -2.04. The van der Waals surface area contributed by atoms with Gasteiger partial charge in [0, 0.05) is 18.6 Å². The van der Waals surface area contributed by atoms with Crippen LogP contribution in [0, 0.1) is 13.5 Å². The summed E-state index contributed by atoms with van der Waals surface area (Å²) in [4.78, 5) is 19.8. The number of ether oxygens (including phenoxy) is 1. The fraction of sp³-hybridized carbons (Fsp3) is 0.211. The minimum atomic E-state index is -0.333. The molecule has 0 atom stereocenters. The van der Waals surface area contributed by atoms with Crippen LogP contribution in [-0.2, 0) is 17.6 Å². The molecular weight excluding hydrogens is 288 g/mol. The molecule has 0 spiro atoms. The van der Waals surface area contributed by atoms with E-state index in [4.69, 9.17) is 11.3 Å². The smallest absolute Gasteiger partial charge is 0.337 e. The molecule has 114 valence electrons. The fourth-order valence-electron chi connectivity index (χ4n) is 2.80. The lowest BCUT2D eigenvalue weighted by molar-refractivity contribution is 0.0600. The molecule has 4 nitrogen and oxygen atoms in total. The van der Waals surface area contributed by atoms with Gasteiger partial charge in [-0.1, -0.05) is 18.2 Å². The second-order valence-corrected chi connectivity index (χ2v) is 5.60. The highest BCUT2D eigenvalue weighted by Gasteiger charge is 2.17. The third-order valence-electron chi connectivity index (χ3n) is 3.95. The summed E-state index contributed by atoms with van der Waals surface area (Å²) in [5.41, 5.74) is 6.32. The summed E-state index contributed by atoms with van der Waals surface area (Å²) in [7, 11) is 1.38. The van der Waals surface area contributed by atoms with Gasteiger partial charge < -0.3 is 4.74 Å². The van der Waals surface area contributed by atoms with Gasteiger partial charge >= 0.3 is 5.97 Å². The van der Waals surface area contributed by atoms with E-state index in [0.29, 0.717) is 17.7 Å². The first-order valence-corrected chi connectivity index (χ1v) is 7.35. The third kappa shape index (κ3) is 3.00. The van der Waals surface area contributed by atoms with Crippen LogP contribution in [0.15, 0.2) is 41.4 Å². The predicted octanol–water partition coefficient (Wildman–Crippen LogP) is 4.20. The molecular formula is C19H16N2O2. The number of esters is 1. The zero-order chi connectivity index (χ0) is 16.4. The minimum absolute atomic E-state index is 0.333. The molecule has 0 unspecified atom stereocenters. The predicted molar refractivity (Wildman–Crippen MR) is 89.7 cm³/mol. The number of methoxy groups -OCH3 is 1. The molecule has 1 aliphatic heterocycles. The first-order chi connectivity index (χ1) is 11.1. The number of carbonyl (C=O) groups excluding carboxylic acids is 1. The van der Waals surface area contributed by atoms with E-state index in [1.165, 1.54) is 7.11 Å². The summed E-state index contributed by atoms with van der Waals surface area (Å²) in [6.07, 6.45) is 1.48. The zero-order valence-electron chi connectivity index (χ0n) is 13.1. The second-order valence-electron chi connectivity index (χ2n) is 5.60. The van der Waals surface area contributed by atoms with Crippen molar-refractivity contribution >= 4 is 23.1 Å². The van der Waals surface area contributed by atoms with Crippen LogP contribution in [-0.4, -0.2) is 18.8 Å². The monoisotopic (exact) mass is 304 g/mol. The number of hydrogen-bond donors (Lipinski definition) is 0. The van der Waals surface area contributed by atoms with Crippen molar-refractivity contribution < 1.29 is 9.53 Å². The molecule has 0 aromatic heterocycles. The number of aliphatic imine (C=N–C) groups is 1. The van der Waals surface area contributed by atoms with Gasteiger partial charge in [-0.15, -0.1) is 0 Å². The maximum atomic E-state index is 11.6. The Morgan fingerprint density at radius 1 is 1.35 bits per heavy atom. The maximum absolute atomic E-state index is 11.6. The summed E-state index contributed by atoms with van der Waals surface area (Å²) in [5, 5.41) is 0. The molecule has 2 aromatic rings. The summed E-state index contributed by atoms with van der Waals surface area (Å²) < 4.78 is 4.75. The van der Waals surface area contributed by atoms with E-state index in [-0.39, 0.29) is 5.97 Å². The van der Waals surface area contributed by atoms with E-state index in [1.807, 2.05) is 37.3 Å².